The molecule has 0 aliphatic carbocycles. The molecule has 0 bridgehead atoms. The zero-order valence-electron chi connectivity index (χ0n) is 15.7. The molecule has 0 spiro atoms. The maximum Gasteiger partial charge on any atom is 0.335 e. The van der Waals surface area contributed by atoms with Gasteiger partial charge in [-0.1, -0.05) is 41.4 Å². The molecular formula is C22H17Cl2FN2O2. The van der Waals surface area contributed by atoms with Crippen molar-refractivity contribution in [2.75, 3.05) is 6.61 Å². The summed E-state index contributed by atoms with van der Waals surface area (Å²) < 4.78 is 19.9. The fraction of sp³-hybridized carbons (Fsp3) is 0.182. The number of hydrogen-bond donors (Lipinski definition) is 1. The highest BCUT2D eigenvalue weighted by Crippen LogP contribution is 2.44. The molecule has 0 fully saturated rings. The molecular weight excluding hydrogens is 414 g/mol. The van der Waals surface area contributed by atoms with Crippen LogP contribution in [0.4, 0.5) is 4.39 Å². The first-order valence-corrected chi connectivity index (χ1v) is 9.61. The van der Waals surface area contributed by atoms with Crippen LogP contribution in [0, 0.1) is 12.4 Å². The lowest BCUT2D eigenvalue weighted by atomic mass is 9.82. The monoisotopic (exact) mass is 430 g/mol. The molecule has 1 heterocycles. The average Bonchev–Trinajstić information content (AvgIpc) is 2.68. The van der Waals surface area contributed by atoms with Crippen molar-refractivity contribution < 1.29 is 13.9 Å². The van der Waals surface area contributed by atoms with Gasteiger partial charge < -0.3 is 10.1 Å². The highest BCUT2D eigenvalue weighted by Gasteiger charge is 2.38. The number of esters is 1. The van der Waals surface area contributed by atoms with Gasteiger partial charge in [-0.05, 0) is 43.7 Å². The maximum atomic E-state index is 14.6. The molecule has 0 amide bonds. The molecule has 148 valence electrons. The smallest absolute Gasteiger partial charge is 0.335 e. The van der Waals surface area contributed by atoms with Crippen molar-refractivity contribution in [3.8, 4) is 0 Å². The molecule has 1 aliphatic rings. The van der Waals surface area contributed by atoms with E-state index < -0.39 is 17.7 Å². The van der Waals surface area contributed by atoms with Gasteiger partial charge in [0.1, 0.15) is 5.82 Å². The predicted molar refractivity (Wildman–Crippen MR) is 112 cm³/mol. The van der Waals surface area contributed by atoms with Crippen LogP contribution < -0.4 is 5.32 Å². The van der Waals surface area contributed by atoms with Crippen LogP contribution in [-0.2, 0) is 9.53 Å². The molecule has 0 saturated carbocycles. The molecule has 0 radical (unpaired) electrons. The minimum absolute atomic E-state index is 0.123. The topological polar surface area (TPSA) is 42.7 Å². The number of hydrogen-bond acceptors (Lipinski definition) is 3. The normalized spacial score (nSPS) is 16.3. The van der Waals surface area contributed by atoms with E-state index in [2.05, 4.69) is 10.2 Å². The fourth-order valence-electron chi connectivity index (χ4n) is 3.31. The number of benzene rings is 2. The van der Waals surface area contributed by atoms with Crippen molar-refractivity contribution in [1.29, 1.82) is 0 Å². The Labute approximate surface area is 178 Å². The Morgan fingerprint density at radius 1 is 1.28 bits per heavy atom. The van der Waals surface area contributed by atoms with Crippen LogP contribution in [-0.4, -0.2) is 12.6 Å². The van der Waals surface area contributed by atoms with Crippen molar-refractivity contribution in [2.45, 2.75) is 19.8 Å². The van der Waals surface area contributed by atoms with Crippen LogP contribution >= 0.6 is 23.2 Å². The van der Waals surface area contributed by atoms with E-state index in [0.717, 1.165) is 0 Å². The summed E-state index contributed by atoms with van der Waals surface area (Å²) in [5, 5.41) is 3.75. The molecule has 1 N–H and O–H groups in total. The zero-order valence-corrected chi connectivity index (χ0v) is 17.2. The van der Waals surface area contributed by atoms with E-state index >= 15 is 0 Å². The first kappa shape index (κ1) is 20.9. The van der Waals surface area contributed by atoms with E-state index in [1.807, 2.05) is 0 Å². The second kappa shape index (κ2) is 8.69. The fourth-order valence-corrected chi connectivity index (χ4v) is 3.83. The van der Waals surface area contributed by atoms with Gasteiger partial charge in [0.15, 0.2) is 5.70 Å². The van der Waals surface area contributed by atoms with Crippen LogP contribution in [0.3, 0.4) is 0 Å². The third-order valence-corrected chi connectivity index (χ3v) is 5.12. The Morgan fingerprint density at radius 3 is 2.62 bits per heavy atom. The molecule has 3 rings (SSSR count). The third kappa shape index (κ3) is 4.00. The summed E-state index contributed by atoms with van der Waals surface area (Å²) in [6.45, 7) is 11.2. The first-order valence-electron chi connectivity index (χ1n) is 8.85. The van der Waals surface area contributed by atoms with Crippen molar-refractivity contribution in [1.82, 2.24) is 5.32 Å². The van der Waals surface area contributed by atoms with Crippen LogP contribution in [0.1, 0.15) is 30.9 Å². The highest BCUT2D eigenvalue weighted by molar-refractivity contribution is 6.35. The minimum Gasteiger partial charge on any atom is -0.463 e. The molecule has 29 heavy (non-hydrogen) atoms. The number of dihydropyridines is 1. The van der Waals surface area contributed by atoms with Gasteiger partial charge in [0.05, 0.1) is 30.4 Å². The Morgan fingerprint density at radius 2 is 2.00 bits per heavy atom. The zero-order chi connectivity index (χ0) is 21.1. The summed E-state index contributed by atoms with van der Waals surface area (Å²) in [6.07, 6.45) is 0. The van der Waals surface area contributed by atoms with E-state index in [0.29, 0.717) is 21.3 Å². The van der Waals surface area contributed by atoms with Gasteiger partial charge in [-0.15, -0.1) is 0 Å². The van der Waals surface area contributed by atoms with Gasteiger partial charge >= 0.3 is 5.97 Å². The number of nitrogens with one attached hydrogen (secondary N) is 1. The first-order chi connectivity index (χ1) is 13.9. The summed E-state index contributed by atoms with van der Waals surface area (Å²) >= 11 is 12.5. The Kier molecular flexibility index (Phi) is 6.26. The standard InChI is InChI=1S/C22H17Cl2FN2O2/c1-4-29-22(28)19-18(14-10-9-13(23)11-16(14)24)20(26-3)12(2)27-21(19)15-7-5-6-8-17(15)25/h5-11,18,27H,4H2,1-2H3. The molecule has 2 aromatic rings. The van der Waals surface area contributed by atoms with Crippen LogP contribution in [0.25, 0.3) is 10.5 Å². The van der Waals surface area contributed by atoms with E-state index in [-0.39, 0.29) is 29.1 Å². The van der Waals surface area contributed by atoms with Crippen molar-refractivity contribution >= 4 is 34.9 Å². The Hall–Kier alpha value is -2.81. The number of rotatable bonds is 4. The molecule has 1 aliphatic heterocycles. The molecule has 1 unspecified atom stereocenters. The number of carbonyl (C=O) groups excluding carboxylic acids is 1. The Balaban J connectivity index is 2.35. The minimum atomic E-state index is -0.827. The molecule has 0 aromatic heterocycles. The van der Waals surface area contributed by atoms with Gasteiger partial charge in [-0.3, -0.25) is 0 Å². The van der Waals surface area contributed by atoms with E-state index in [4.69, 9.17) is 34.5 Å². The lowest BCUT2D eigenvalue weighted by molar-refractivity contribution is -0.138. The van der Waals surface area contributed by atoms with Gasteiger partial charge in [0.2, 0.25) is 0 Å². The summed E-state index contributed by atoms with van der Waals surface area (Å²) in [6, 6.07) is 10.9. The largest absolute Gasteiger partial charge is 0.463 e. The van der Waals surface area contributed by atoms with Gasteiger partial charge in [-0.2, -0.15) is 0 Å². The van der Waals surface area contributed by atoms with Crippen molar-refractivity contribution in [2.24, 2.45) is 0 Å². The second-order valence-corrected chi connectivity index (χ2v) is 7.18. The third-order valence-electron chi connectivity index (χ3n) is 4.56. The van der Waals surface area contributed by atoms with Crippen LogP contribution in [0.15, 0.2) is 59.4 Å². The SMILES string of the molecule is [C-]#[N+]C1=C(C)NC(c2ccccc2F)=C(C(=O)OCC)C1c1ccc(Cl)cc1Cl. The number of allylic oxidation sites excluding steroid dienone is 2. The quantitative estimate of drug-likeness (QED) is 0.481. The highest BCUT2D eigenvalue weighted by atomic mass is 35.5. The lowest BCUT2D eigenvalue weighted by Crippen LogP contribution is -2.29. The molecule has 2 aromatic carbocycles. The summed E-state index contributed by atoms with van der Waals surface area (Å²) in [4.78, 5) is 16.6. The van der Waals surface area contributed by atoms with Crippen molar-refractivity contribution in [3.05, 3.63) is 97.8 Å². The number of carbonyl (C=O) groups is 1. The molecule has 0 saturated heterocycles. The van der Waals surface area contributed by atoms with Crippen LogP contribution in [0.2, 0.25) is 10.0 Å². The van der Waals surface area contributed by atoms with E-state index in [9.17, 15) is 9.18 Å². The number of halogens is 3. The van der Waals surface area contributed by atoms with E-state index in [1.54, 1.807) is 50.2 Å². The number of ether oxygens (including phenoxy) is 1. The van der Waals surface area contributed by atoms with Gasteiger partial charge in [-0.25, -0.2) is 14.0 Å². The average molecular weight is 431 g/mol. The van der Waals surface area contributed by atoms with E-state index in [1.165, 1.54) is 6.07 Å². The molecule has 1 atom stereocenters. The maximum absolute atomic E-state index is 14.6. The van der Waals surface area contributed by atoms with Crippen LogP contribution in [0.5, 0.6) is 0 Å². The lowest BCUT2D eigenvalue weighted by Gasteiger charge is -2.30. The summed E-state index contributed by atoms with van der Waals surface area (Å²) in [7, 11) is 0. The number of nitrogens with zero attached hydrogens (tertiary/aromatic N) is 1. The van der Waals surface area contributed by atoms with Crippen molar-refractivity contribution in [3.63, 3.8) is 0 Å². The van der Waals surface area contributed by atoms with Gasteiger partial charge in [0.25, 0.3) is 0 Å². The molecule has 4 nitrogen and oxygen atoms in total. The van der Waals surface area contributed by atoms with Gasteiger partial charge in [0, 0.05) is 21.3 Å². The second-order valence-electron chi connectivity index (χ2n) is 6.33. The summed E-state index contributed by atoms with van der Waals surface area (Å²) in [5.41, 5.74) is 1.87. The summed E-state index contributed by atoms with van der Waals surface area (Å²) in [5.74, 6) is -1.98. The Bertz CT molecular complexity index is 1090. The molecule has 7 heteroatoms. The predicted octanol–water partition coefficient (Wildman–Crippen LogP) is 5.94.